The second-order valence-corrected chi connectivity index (χ2v) is 5.01. The van der Waals surface area contributed by atoms with Crippen molar-refractivity contribution in [2.45, 2.75) is 37.9 Å². The standard InChI is InChI=1S/C12H18N4O/c1-15-8-9(7-14-15)6-13-10-5-12(17)16-4-2-3-11(10)16/h7-8,10-11,13H,2-6H2,1H3. The van der Waals surface area contributed by atoms with E-state index in [-0.39, 0.29) is 0 Å². The number of carbonyl (C=O) groups is 1. The molecule has 3 heterocycles. The van der Waals surface area contributed by atoms with E-state index in [4.69, 9.17) is 0 Å². The van der Waals surface area contributed by atoms with Crippen LogP contribution in [0.2, 0.25) is 0 Å². The molecule has 17 heavy (non-hydrogen) atoms. The summed E-state index contributed by atoms with van der Waals surface area (Å²) < 4.78 is 1.80. The molecule has 0 aliphatic carbocycles. The van der Waals surface area contributed by atoms with Crippen LogP contribution in [-0.4, -0.2) is 39.2 Å². The van der Waals surface area contributed by atoms with E-state index >= 15 is 0 Å². The van der Waals surface area contributed by atoms with Gasteiger partial charge >= 0.3 is 0 Å². The number of fused-ring (bicyclic) bond motifs is 1. The molecule has 0 spiro atoms. The molecule has 1 amide bonds. The quantitative estimate of drug-likeness (QED) is 0.817. The normalized spacial score (nSPS) is 27.8. The lowest BCUT2D eigenvalue weighted by Gasteiger charge is -2.20. The lowest BCUT2D eigenvalue weighted by molar-refractivity contribution is -0.127. The molecule has 5 nitrogen and oxygen atoms in total. The van der Waals surface area contributed by atoms with Gasteiger partial charge in [0.2, 0.25) is 5.91 Å². The second-order valence-electron chi connectivity index (χ2n) is 5.01. The molecular formula is C12H18N4O. The van der Waals surface area contributed by atoms with Crippen LogP contribution in [0.4, 0.5) is 0 Å². The Labute approximate surface area is 101 Å². The number of hydrogen-bond acceptors (Lipinski definition) is 3. The number of hydrogen-bond donors (Lipinski definition) is 1. The molecular weight excluding hydrogens is 216 g/mol. The molecule has 2 fully saturated rings. The van der Waals surface area contributed by atoms with Gasteiger partial charge in [0.05, 0.1) is 6.20 Å². The van der Waals surface area contributed by atoms with E-state index in [1.54, 1.807) is 4.68 Å². The Kier molecular flexibility index (Phi) is 2.63. The molecule has 0 aromatic carbocycles. The fourth-order valence-electron chi connectivity index (χ4n) is 2.98. The first-order chi connectivity index (χ1) is 8.24. The number of rotatable bonds is 3. The number of nitrogens with one attached hydrogen (secondary N) is 1. The van der Waals surface area contributed by atoms with Crippen LogP contribution >= 0.6 is 0 Å². The predicted octanol–water partition coefficient (Wildman–Crippen LogP) is 0.273. The van der Waals surface area contributed by atoms with Crippen LogP contribution in [0.5, 0.6) is 0 Å². The molecule has 0 radical (unpaired) electrons. The van der Waals surface area contributed by atoms with Crippen LogP contribution in [0.15, 0.2) is 12.4 Å². The average Bonchev–Trinajstić information content (AvgIpc) is 2.96. The summed E-state index contributed by atoms with van der Waals surface area (Å²) in [4.78, 5) is 13.8. The Bertz CT molecular complexity index is 428. The van der Waals surface area contributed by atoms with E-state index in [9.17, 15) is 4.79 Å². The second kappa shape index (κ2) is 4.14. The summed E-state index contributed by atoms with van der Waals surface area (Å²) in [5.74, 6) is 0.316. The molecule has 2 atom stereocenters. The first-order valence-corrected chi connectivity index (χ1v) is 6.24. The molecule has 1 aromatic heterocycles. The minimum atomic E-state index is 0.316. The van der Waals surface area contributed by atoms with Crippen LogP contribution in [0.25, 0.3) is 0 Å². The molecule has 0 saturated carbocycles. The van der Waals surface area contributed by atoms with E-state index in [1.165, 1.54) is 5.56 Å². The molecule has 0 bridgehead atoms. The average molecular weight is 234 g/mol. The summed E-state index contributed by atoms with van der Waals surface area (Å²) in [5, 5.41) is 7.64. The van der Waals surface area contributed by atoms with E-state index < -0.39 is 0 Å². The van der Waals surface area contributed by atoms with E-state index in [1.807, 2.05) is 24.3 Å². The van der Waals surface area contributed by atoms with E-state index in [0.29, 0.717) is 24.4 Å². The van der Waals surface area contributed by atoms with Crippen molar-refractivity contribution in [3.63, 3.8) is 0 Å². The molecule has 1 aromatic rings. The SMILES string of the molecule is Cn1cc(CNC2CC(=O)N3CCCC23)cn1. The van der Waals surface area contributed by atoms with Gasteiger partial charge in [0.1, 0.15) is 0 Å². The molecule has 2 aliphatic rings. The Morgan fingerprint density at radius 2 is 2.47 bits per heavy atom. The smallest absolute Gasteiger partial charge is 0.224 e. The number of amides is 1. The van der Waals surface area contributed by atoms with Gasteiger partial charge in [-0.15, -0.1) is 0 Å². The lowest BCUT2D eigenvalue weighted by atomic mass is 10.1. The van der Waals surface area contributed by atoms with Gasteiger partial charge in [0.15, 0.2) is 0 Å². The van der Waals surface area contributed by atoms with Gasteiger partial charge in [-0.1, -0.05) is 0 Å². The highest BCUT2D eigenvalue weighted by Crippen LogP contribution is 2.29. The van der Waals surface area contributed by atoms with Gasteiger partial charge in [-0.3, -0.25) is 9.48 Å². The molecule has 2 aliphatic heterocycles. The van der Waals surface area contributed by atoms with Gasteiger partial charge in [-0.05, 0) is 12.8 Å². The number of nitrogens with zero attached hydrogens (tertiary/aromatic N) is 3. The minimum absolute atomic E-state index is 0.316. The molecule has 2 unspecified atom stereocenters. The van der Waals surface area contributed by atoms with Crippen LogP contribution in [0.3, 0.4) is 0 Å². The zero-order valence-corrected chi connectivity index (χ0v) is 10.1. The lowest BCUT2D eigenvalue weighted by Crippen LogP contribution is -2.38. The fraction of sp³-hybridized carbons (Fsp3) is 0.667. The van der Waals surface area contributed by atoms with E-state index in [2.05, 4.69) is 10.4 Å². The number of aromatic nitrogens is 2. The van der Waals surface area contributed by atoms with Crippen molar-refractivity contribution in [3.05, 3.63) is 18.0 Å². The van der Waals surface area contributed by atoms with Crippen molar-refractivity contribution in [1.29, 1.82) is 0 Å². The third kappa shape index (κ3) is 1.95. The van der Waals surface area contributed by atoms with Gasteiger partial charge in [-0.2, -0.15) is 5.10 Å². The summed E-state index contributed by atoms with van der Waals surface area (Å²) in [6, 6.07) is 0.754. The summed E-state index contributed by atoms with van der Waals surface area (Å²) >= 11 is 0. The Morgan fingerprint density at radius 1 is 1.59 bits per heavy atom. The van der Waals surface area contributed by atoms with Crippen LogP contribution in [0, 0.1) is 0 Å². The van der Waals surface area contributed by atoms with Crippen molar-refractivity contribution in [2.24, 2.45) is 7.05 Å². The molecule has 2 saturated heterocycles. The third-order valence-electron chi connectivity index (χ3n) is 3.81. The maximum atomic E-state index is 11.8. The zero-order valence-electron chi connectivity index (χ0n) is 10.1. The minimum Gasteiger partial charge on any atom is -0.338 e. The summed E-state index contributed by atoms with van der Waals surface area (Å²) in [5.41, 5.74) is 1.18. The van der Waals surface area contributed by atoms with Crippen molar-refractivity contribution in [2.75, 3.05) is 6.54 Å². The Hall–Kier alpha value is -1.36. The summed E-state index contributed by atoms with van der Waals surface area (Å²) in [6.07, 6.45) is 6.84. The maximum absolute atomic E-state index is 11.8. The first-order valence-electron chi connectivity index (χ1n) is 6.24. The maximum Gasteiger partial charge on any atom is 0.224 e. The van der Waals surface area contributed by atoms with Crippen molar-refractivity contribution >= 4 is 5.91 Å². The van der Waals surface area contributed by atoms with Crippen LogP contribution in [0.1, 0.15) is 24.8 Å². The van der Waals surface area contributed by atoms with Crippen LogP contribution < -0.4 is 5.32 Å². The number of aryl methyl sites for hydroxylation is 1. The highest BCUT2D eigenvalue weighted by Gasteiger charge is 2.41. The zero-order chi connectivity index (χ0) is 11.8. The van der Waals surface area contributed by atoms with Gasteiger partial charge < -0.3 is 10.2 Å². The Morgan fingerprint density at radius 3 is 3.24 bits per heavy atom. The van der Waals surface area contributed by atoms with Crippen molar-refractivity contribution in [1.82, 2.24) is 20.0 Å². The topological polar surface area (TPSA) is 50.2 Å². The molecule has 5 heteroatoms. The van der Waals surface area contributed by atoms with Crippen LogP contribution in [-0.2, 0) is 18.4 Å². The Balaban J connectivity index is 1.60. The first kappa shape index (κ1) is 10.8. The molecule has 3 rings (SSSR count). The monoisotopic (exact) mass is 234 g/mol. The van der Waals surface area contributed by atoms with Crippen molar-refractivity contribution < 1.29 is 4.79 Å². The predicted molar refractivity (Wildman–Crippen MR) is 63.2 cm³/mol. The largest absolute Gasteiger partial charge is 0.338 e. The molecule has 92 valence electrons. The van der Waals surface area contributed by atoms with Gasteiger partial charge in [-0.25, -0.2) is 0 Å². The van der Waals surface area contributed by atoms with Gasteiger partial charge in [0.25, 0.3) is 0 Å². The molecule has 1 N–H and O–H groups in total. The van der Waals surface area contributed by atoms with E-state index in [0.717, 1.165) is 25.9 Å². The highest BCUT2D eigenvalue weighted by atomic mass is 16.2. The van der Waals surface area contributed by atoms with Crippen molar-refractivity contribution in [3.8, 4) is 0 Å². The fourth-order valence-corrected chi connectivity index (χ4v) is 2.98. The number of carbonyl (C=O) groups excluding carboxylic acids is 1. The summed E-state index contributed by atoms with van der Waals surface area (Å²) in [6.45, 7) is 1.75. The van der Waals surface area contributed by atoms with Gasteiger partial charge in [0, 0.05) is 50.4 Å². The summed E-state index contributed by atoms with van der Waals surface area (Å²) in [7, 11) is 1.92. The third-order valence-corrected chi connectivity index (χ3v) is 3.81. The highest BCUT2D eigenvalue weighted by molar-refractivity contribution is 5.80.